The van der Waals surface area contributed by atoms with E-state index in [1.165, 1.54) is 4.90 Å². The van der Waals surface area contributed by atoms with Gasteiger partial charge in [-0.05, 0) is 43.0 Å². The van der Waals surface area contributed by atoms with Gasteiger partial charge in [-0.15, -0.1) is 0 Å². The first-order valence-corrected chi connectivity index (χ1v) is 12.4. The number of nitrogens with zero attached hydrogens (tertiary/aromatic N) is 3. The highest BCUT2D eigenvalue weighted by Gasteiger charge is 2.63. The summed E-state index contributed by atoms with van der Waals surface area (Å²) in [6, 6.07) is 17.2. The molecule has 2 saturated heterocycles. The highest BCUT2D eigenvalue weighted by molar-refractivity contribution is 6.20. The van der Waals surface area contributed by atoms with Crippen molar-refractivity contribution < 1.29 is 14.4 Å². The standard InChI is InChI=1S/C27H30N4O3/c32-24-27(25(33)31(26(34)28-24)21-12-5-2-6-13-21)17-19-9-7-8-14-22(19)30-16-15-29(18-23(27)30)20-10-3-1-4-11-20/h1,3-4,7-11,14,21,23H,2,5-6,12-13,15-18H2,(H,28,32,34)/t23-,27-/m1/s1. The number of carbonyl (C=O) groups is 3. The highest BCUT2D eigenvalue weighted by atomic mass is 16.2. The zero-order chi connectivity index (χ0) is 23.3. The van der Waals surface area contributed by atoms with E-state index in [4.69, 9.17) is 0 Å². The van der Waals surface area contributed by atoms with Gasteiger partial charge in [-0.3, -0.25) is 19.8 Å². The highest BCUT2D eigenvalue weighted by Crippen LogP contribution is 2.46. The number of hydrogen-bond acceptors (Lipinski definition) is 5. The molecule has 4 aliphatic rings. The number of amides is 4. The van der Waals surface area contributed by atoms with Gasteiger partial charge in [-0.25, -0.2) is 4.79 Å². The molecule has 7 heteroatoms. The summed E-state index contributed by atoms with van der Waals surface area (Å²) in [5.41, 5.74) is 1.84. The van der Waals surface area contributed by atoms with Gasteiger partial charge in [0.1, 0.15) is 0 Å². The van der Waals surface area contributed by atoms with Gasteiger partial charge in [0.25, 0.3) is 0 Å². The molecule has 1 saturated carbocycles. The fraction of sp³-hybridized carbons (Fsp3) is 0.444. The Morgan fingerprint density at radius 2 is 1.59 bits per heavy atom. The van der Waals surface area contributed by atoms with Crippen LogP contribution in [0, 0.1) is 5.41 Å². The molecule has 3 aliphatic heterocycles. The van der Waals surface area contributed by atoms with Crippen molar-refractivity contribution in [2.45, 2.75) is 50.6 Å². The molecule has 3 fully saturated rings. The van der Waals surface area contributed by atoms with E-state index in [0.717, 1.165) is 55.6 Å². The molecule has 7 nitrogen and oxygen atoms in total. The minimum absolute atomic E-state index is 0.134. The Hall–Kier alpha value is -3.35. The summed E-state index contributed by atoms with van der Waals surface area (Å²) < 4.78 is 0. The SMILES string of the molecule is O=C1NC(=O)[C@]2(Cc3ccccc3N3CCN(c4ccccc4)C[C@@H]32)C(=O)N1C1CCCCC1. The number of anilines is 2. The molecular formula is C27H30N4O3. The van der Waals surface area contributed by atoms with Crippen LogP contribution in [0.4, 0.5) is 16.2 Å². The number of carbonyl (C=O) groups excluding carboxylic acids is 3. The maximum Gasteiger partial charge on any atom is 0.331 e. The van der Waals surface area contributed by atoms with Crippen LogP contribution in [0.3, 0.4) is 0 Å². The van der Waals surface area contributed by atoms with Gasteiger partial charge >= 0.3 is 6.03 Å². The summed E-state index contributed by atoms with van der Waals surface area (Å²) in [7, 11) is 0. The first kappa shape index (κ1) is 21.2. The Morgan fingerprint density at radius 3 is 2.38 bits per heavy atom. The van der Waals surface area contributed by atoms with E-state index >= 15 is 0 Å². The van der Waals surface area contributed by atoms with Crippen molar-refractivity contribution in [1.82, 2.24) is 10.2 Å². The Balaban J connectivity index is 1.45. The lowest BCUT2D eigenvalue weighted by molar-refractivity contribution is -0.155. The van der Waals surface area contributed by atoms with Gasteiger partial charge in [-0.2, -0.15) is 0 Å². The number of barbiturate groups is 1. The Kier molecular flexibility index (Phi) is 5.08. The van der Waals surface area contributed by atoms with E-state index in [9.17, 15) is 14.4 Å². The van der Waals surface area contributed by atoms with Crippen LogP contribution in [0.15, 0.2) is 54.6 Å². The molecule has 4 amide bonds. The maximum atomic E-state index is 14.3. The molecule has 0 unspecified atom stereocenters. The van der Waals surface area contributed by atoms with Crippen molar-refractivity contribution in [3.05, 3.63) is 60.2 Å². The molecular weight excluding hydrogens is 428 g/mol. The van der Waals surface area contributed by atoms with E-state index < -0.39 is 17.4 Å². The second-order valence-electron chi connectivity index (χ2n) is 9.99. The molecule has 176 valence electrons. The summed E-state index contributed by atoms with van der Waals surface area (Å²) in [5, 5.41) is 2.62. The zero-order valence-electron chi connectivity index (χ0n) is 19.3. The first-order chi connectivity index (χ1) is 16.6. The molecule has 2 aromatic rings. The number of urea groups is 1. The normalized spacial score (nSPS) is 27.5. The molecule has 34 heavy (non-hydrogen) atoms. The van der Waals surface area contributed by atoms with Crippen LogP contribution < -0.4 is 15.1 Å². The van der Waals surface area contributed by atoms with Crippen LogP contribution >= 0.6 is 0 Å². The van der Waals surface area contributed by atoms with Gasteiger partial charge < -0.3 is 9.80 Å². The molecule has 1 spiro atoms. The number of fused-ring (bicyclic) bond motifs is 4. The van der Waals surface area contributed by atoms with E-state index in [0.29, 0.717) is 19.5 Å². The van der Waals surface area contributed by atoms with Gasteiger partial charge in [0, 0.05) is 37.1 Å². The first-order valence-electron chi connectivity index (χ1n) is 12.4. The Bertz CT molecular complexity index is 1130. The molecule has 2 aromatic carbocycles. The fourth-order valence-corrected chi connectivity index (χ4v) is 6.52. The lowest BCUT2D eigenvalue weighted by Gasteiger charge is -2.56. The van der Waals surface area contributed by atoms with Crippen molar-refractivity contribution in [2.24, 2.45) is 5.41 Å². The van der Waals surface area contributed by atoms with Crippen LogP contribution in [0.5, 0.6) is 0 Å². The molecule has 3 heterocycles. The quantitative estimate of drug-likeness (QED) is 0.699. The number of hydrogen-bond donors (Lipinski definition) is 1. The molecule has 0 bridgehead atoms. The van der Waals surface area contributed by atoms with E-state index in [2.05, 4.69) is 33.3 Å². The summed E-state index contributed by atoms with van der Waals surface area (Å²) in [6.07, 6.45) is 5.06. The third-order valence-corrected chi connectivity index (χ3v) is 8.23. The molecule has 0 radical (unpaired) electrons. The van der Waals surface area contributed by atoms with E-state index in [1.807, 2.05) is 36.4 Å². The topological polar surface area (TPSA) is 73.0 Å². The second kappa shape index (κ2) is 8.15. The Morgan fingerprint density at radius 1 is 0.853 bits per heavy atom. The molecule has 2 atom stereocenters. The van der Waals surface area contributed by atoms with Crippen molar-refractivity contribution in [3.63, 3.8) is 0 Å². The van der Waals surface area contributed by atoms with Crippen molar-refractivity contribution >= 4 is 29.2 Å². The lowest BCUT2D eigenvalue weighted by Crippen LogP contribution is -2.76. The van der Waals surface area contributed by atoms with Crippen molar-refractivity contribution in [3.8, 4) is 0 Å². The molecule has 1 aliphatic carbocycles. The van der Waals surface area contributed by atoms with Crippen LogP contribution in [0.1, 0.15) is 37.7 Å². The van der Waals surface area contributed by atoms with Gasteiger partial charge in [-0.1, -0.05) is 55.7 Å². The summed E-state index contributed by atoms with van der Waals surface area (Å²) in [5.74, 6) is -0.762. The van der Waals surface area contributed by atoms with Crippen LogP contribution in [-0.4, -0.2) is 54.5 Å². The predicted octanol–water partition coefficient (Wildman–Crippen LogP) is 3.34. The minimum atomic E-state index is -1.33. The molecule has 1 N–H and O–H groups in total. The number of imide groups is 2. The number of piperazine rings is 1. The second-order valence-corrected chi connectivity index (χ2v) is 9.99. The average Bonchev–Trinajstić information content (AvgIpc) is 2.88. The summed E-state index contributed by atoms with van der Waals surface area (Å²) in [6.45, 7) is 2.05. The van der Waals surface area contributed by atoms with E-state index in [1.54, 1.807) is 0 Å². The lowest BCUT2D eigenvalue weighted by atomic mass is 9.67. The molecule has 0 aromatic heterocycles. The van der Waals surface area contributed by atoms with Gasteiger partial charge in [0.2, 0.25) is 11.8 Å². The van der Waals surface area contributed by atoms with Gasteiger partial charge in [0.05, 0.1) is 6.04 Å². The fourth-order valence-electron chi connectivity index (χ4n) is 6.52. The third-order valence-electron chi connectivity index (χ3n) is 8.23. The third kappa shape index (κ3) is 3.13. The minimum Gasteiger partial charge on any atom is -0.368 e. The van der Waals surface area contributed by atoms with Crippen LogP contribution in [0.25, 0.3) is 0 Å². The van der Waals surface area contributed by atoms with Crippen molar-refractivity contribution in [2.75, 3.05) is 29.4 Å². The van der Waals surface area contributed by atoms with Gasteiger partial charge in [0.15, 0.2) is 5.41 Å². The predicted molar refractivity (Wildman–Crippen MR) is 130 cm³/mol. The van der Waals surface area contributed by atoms with Crippen LogP contribution in [0.2, 0.25) is 0 Å². The molecule has 6 rings (SSSR count). The van der Waals surface area contributed by atoms with Crippen LogP contribution in [-0.2, 0) is 16.0 Å². The maximum absolute atomic E-state index is 14.3. The van der Waals surface area contributed by atoms with Crippen molar-refractivity contribution in [1.29, 1.82) is 0 Å². The smallest absolute Gasteiger partial charge is 0.331 e. The summed E-state index contributed by atoms with van der Waals surface area (Å²) in [4.78, 5) is 46.9. The number of nitrogens with one attached hydrogen (secondary N) is 1. The Labute approximate surface area is 199 Å². The largest absolute Gasteiger partial charge is 0.368 e. The monoisotopic (exact) mass is 458 g/mol. The average molecular weight is 459 g/mol. The number of rotatable bonds is 2. The summed E-state index contributed by atoms with van der Waals surface area (Å²) >= 11 is 0. The zero-order valence-corrected chi connectivity index (χ0v) is 19.3. The number of para-hydroxylation sites is 2. The number of benzene rings is 2. The van der Waals surface area contributed by atoms with E-state index in [-0.39, 0.29) is 18.0 Å².